The van der Waals surface area contributed by atoms with E-state index in [2.05, 4.69) is 10.6 Å². The first-order valence-electron chi connectivity index (χ1n) is 8.00. The summed E-state index contributed by atoms with van der Waals surface area (Å²) < 4.78 is 16.4. The summed E-state index contributed by atoms with van der Waals surface area (Å²) in [4.78, 5) is 12.2. The molecule has 6 nitrogen and oxygen atoms in total. The fraction of sp³-hybridized carbons (Fsp3) is 0.211. The first kappa shape index (κ1) is 18.1. The molecule has 2 aromatic carbocycles. The largest absolute Gasteiger partial charge is 0.495 e. The van der Waals surface area contributed by atoms with Crippen LogP contribution in [0.2, 0.25) is 5.02 Å². The molecule has 1 atom stereocenters. The molecular weight excluding hydrogens is 356 g/mol. The van der Waals surface area contributed by atoms with Crippen molar-refractivity contribution in [1.29, 1.82) is 0 Å². The van der Waals surface area contributed by atoms with E-state index in [1.54, 1.807) is 25.3 Å². The minimum atomic E-state index is -0.408. The van der Waals surface area contributed by atoms with Crippen LogP contribution in [0.5, 0.6) is 5.75 Å². The number of para-hydroxylation sites is 1. The maximum absolute atomic E-state index is 12.2. The molecule has 0 bridgehead atoms. The Morgan fingerprint density at radius 1 is 1.19 bits per heavy atom. The number of furan rings is 1. The van der Waals surface area contributed by atoms with E-state index in [4.69, 9.17) is 25.5 Å². The quantitative estimate of drug-likeness (QED) is 0.661. The van der Waals surface area contributed by atoms with Gasteiger partial charge in [0.05, 0.1) is 19.3 Å². The summed E-state index contributed by atoms with van der Waals surface area (Å²) in [7, 11) is 3.09. The Hall–Kier alpha value is -2.70. The molecular formula is C19H19ClN2O4. The van der Waals surface area contributed by atoms with Gasteiger partial charge in [0, 0.05) is 17.5 Å². The van der Waals surface area contributed by atoms with Crippen LogP contribution in [-0.2, 0) is 4.74 Å². The number of methoxy groups -OCH3 is 2. The second kappa shape index (κ2) is 8.12. The normalized spacial score (nSPS) is 12.0. The number of benzene rings is 2. The van der Waals surface area contributed by atoms with E-state index in [0.29, 0.717) is 22.2 Å². The maximum atomic E-state index is 12.2. The molecule has 0 unspecified atom stereocenters. The van der Waals surface area contributed by atoms with Crippen LogP contribution in [-0.4, -0.2) is 26.8 Å². The minimum absolute atomic E-state index is 0.241. The van der Waals surface area contributed by atoms with Gasteiger partial charge in [-0.15, -0.1) is 0 Å². The molecule has 26 heavy (non-hydrogen) atoms. The zero-order valence-corrected chi connectivity index (χ0v) is 15.2. The van der Waals surface area contributed by atoms with Crippen molar-refractivity contribution < 1.29 is 18.7 Å². The summed E-state index contributed by atoms with van der Waals surface area (Å²) in [5.74, 6) is 1.17. The van der Waals surface area contributed by atoms with Gasteiger partial charge in [-0.2, -0.15) is 0 Å². The molecule has 1 aromatic heterocycles. The van der Waals surface area contributed by atoms with Crippen LogP contribution in [0.15, 0.2) is 52.9 Å². The molecule has 0 saturated heterocycles. The predicted molar refractivity (Wildman–Crippen MR) is 101 cm³/mol. The van der Waals surface area contributed by atoms with Crippen LogP contribution < -0.4 is 15.4 Å². The Morgan fingerprint density at radius 2 is 2.00 bits per heavy atom. The van der Waals surface area contributed by atoms with Gasteiger partial charge in [0.25, 0.3) is 0 Å². The van der Waals surface area contributed by atoms with Crippen molar-refractivity contribution in [3.05, 3.63) is 59.3 Å². The van der Waals surface area contributed by atoms with Gasteiger partial charge < -0.3 is 24.5 Å². The number of amides is 2. The highest BCUT2D eigenvalue weighted by Gasteiger charge is 2.17. The molecule has 1 heterocycles. The Balaban J connectivity index is 1.65. The number of ether oxygens (including phenoxy) is 2. The van der Waals surface area contributed by atoms with E-state index in [9.17, 15) is 4.79 Å². The fourth-order valence-corrected chi connectivity index (χ4v) is 2.76. The molecule has 2 amide bonds. The van der Waals surface area contributed by atoms with Crippen LogP contribution in [0, 0.1) is 0 Å². The molecule has 0 aliphatic heterocycles. The van der Waals surface area contributed by atoms with Crippen LogP contribution in [0.4, 0.5) is 10.5 Å². The standard InChI is InChI=1S/C19H19ClN2O4/c1-24-16-8-7-13(20)10-14(16)22-19(23)21-11-18(25-2)17-9-12-5-3-4-6-15(12)26-17/h3-10,18H,11H2,1-2H3,(H2,21,22,23)/t18-/m0/s1. The van der Waals surface area contributed by atoms with Crippen molar-refractivity contribution in [1.82, 2.24) is 5.32 Å². The van der Waals surface area contributed by atoms with Crippen molar-refractivity contribution in [3.8, 4) is 5.75 Å². The highest BCUT2D eigenvalue weighted by atomic mass is 35.5. The van der Waals surface area contributed by atoms with Crippen molar-refractivity contribution in [2.45, 2.75) is 6.10 Å². The summed E-state index contributed by atoms with van der Waals surface area (Å²) >= 11 is 5.97. The summed E-state index contributed by atoms with van der Waals surface area (Å²) in [5, 5.41) is 6.96. The first-order valence-corrected chi connectivity index (χ1v) is 8.38. The Labute approximate surface area is 156 Å². The minimum Gasteiger partial charge on any atom is -0.495 e. The summed E-state index contributed by atoms with van der Waals surface area (Å²) in [5.41, 5.74) is 1.26. The lowest BCUT2D eigenvalue weighted by Gasteiger charge is -2.15. The smallest absolute Gasteiger partial charge is 0.319 e. The summed E-state index contributed by atoms with van der Waals surface area (Å²) in [6.07, 6.45) is -0.408. The van der Waals surface area contributed by atoms with Gasteiger partial charge >= 0.3 is 6.03 Å². The van der Waals surface area contributed by atoms with E-state index < -0.39 is 12.1 Å². The number of nitrogens with one attached hydrogen (secondary N) is 2. The lowest BCUT2D eigenvalue weighted by atomic mass is 10.2. The highest BCUT2D eigenvalue weighted by molar-refractivity contribution is 6.31. The number of rotatable bonds is 6. The molecule has 3 aromatic rings. The molecule has 0 radical (unpaired) electrons. The number of carbonyl (C=O) groups excluding carboxylic acids is 1. The van der Waals surface area contributed by atoms with E-state index in [-0.39, 0.29) is 6.54 Å². The highest BCUT2D eigenvalue weighted by Crippen LogP contribution is 2.28. The molecule has 0 spiro atoms. The monoisotopic (exact) mass is 374 g/mol. The average molecular weight is 375 g/mol. The number of anilines is 1. The molecule has 2 N–H and O–H groups in total. The number of carbonyl (C=O) groups is 1. The molecule has 7 heteroatoms. The van der Waals surface area contributed by atoms with Gasteiger partial charge in [-0.05, 0) is 30.3 Å². The second-order valence-electron chi connectivity index (χ2n) is 5.59. The van der Waals surface area contributed by atoms with Crippen molar-refractivity contribution >= 4 is 34.3 Å². The fourth-order valence-electron chi connectivity index (χ4n) is 2.59. The summed E-state index contributed by atoms with van der Waals surface area (Å²) in [6, 6.07) is 14.2. The van der Waals surface area contributed by atoms with Crippen LogP contribution >= 0.6 is 11.6 Å². The maximum Gasteiger partial charge on any atom is 0.319 e. The Morgan fingerprint density at radius 3 is 2.73 bits per heavy atom. The third-order valence-corrected chi connectivity index (χ3v) is 4.14. The molecule has 3 rings (SSSR count). The van der Waals surface area contributed by atoms with Gasteiger partial charge in [0.15, 0.2) is 0 Å². The molecule has 0 fully saturated rings. The van der Waals surface area contributed by atoms with Gasteiger partial charge in [0.1, 0.15) is 23.2 Å². The Bertz CT molecular complexity index is 876. The topological polar surface area (TPSA) is 72.7 Å². The van der Waals surface area contributed by atoms with Crippen LogP contribution in [0.1, 0.15) is 11.9 Å². The number of fused-ring (bicyclic) bond motifs is 1. The Kier molecular flexibility index (Phi) is 5.65. The van der Waals surface area contributed by atoms with Crippen LogP contribution in [0.3, 0.4) is 0 Å². The van der Waals surface area contributed by atoms with E-state index in [1.807, 2.05) is 30.3 Å². The summed E-state index contributed by atoms with van der Waals surface area (Å²) in [6.45, 7) is 0.241. The lowest BCUT2D eigenvalue weighted by molar-refractivity contribution is 0.0870. The number of hydrogen-bond acceptors (Lipinski definition) is 4. The van der Waals surface area contributed by atoms with E-state index in [0.717, 1.165) is 11.0 Å². The van der Waals surface area contributed by atoms with E-state index in [1.165, 1.54) is 7.11 Å². The second-order valence-corrected chi connectivity index (χ2v) is 6.03. The third-order valence-electron chi connectivity index (χ3n) is 3.90. The number of halogens is 1. The molecule has 136 valence electrons. The van der Waals surface area contributed by atoms with Gasteiger partial charge in [-0.1, -0.05) is 29.8 Å². The van der Waals surface area contributed by atoms with E-state index >= 15 is 0 Å². The van der Waals surface area contributed by atoms with Crippen molar-refractivity contribution in [3.63, 3.8) is 0 Å². The van der Waals surface area contributed by atoms with Gasteiger partial charge in [0.2, 0.25) is 0 Å². The third kappa shape index (κ3) is 4.09. The van der Waals surface area contributed by atoms with Gasteiger partial charge in [-0.25, -0.2) is 4.79 Å². The molecule has 0 saturated carbocycles. The SMILES string of the molecule is COc1ccc(Cl)cc1NC(=O)NC[C@H](OC)c1cc2ccccc2o1. The number of hydrogen-bond donors (Lipinski definition) is 2. The molecule has 0 aliphatic rings. The zero-order chi connectivity index (χ0) is 18.5. The predicted octanol–water partition coefficient (Wildman–Crippen LogP) is 4.60. The zero-order valence-electron chi connectivity index (χ0n) is 14.4. The lowest BCUT2D eigenvalue weighted by Crippen LogP contribution is -2.33. The van der Waals surface area contributed by atoms with Crippen molar-refractivity contribution in [2.24, 2.45) is 0 Å². The van der Waals surface area contributed by atoms with Crippen LogP contribution in [0.25, 0.3) is 11.0 Å². The average Bonchev–Trinajstić information content (AvgIpc) is 3.06. The first-order chi connectivity index (χ1) is 12.6. The van der Waals surface area contributed by atoms with Gasteiger partial charge in [-0.3, -0.25) is 0 Å². The number of urea groups is 1. The molecule has 0 aliphatic carbocycles. The van der Waals surface area contributed by atoms with Crippen molar-refractivity contribution in [2.75, 3.05) is 26.1 Å².